The van der Waals surface area contributed by atoms with E-state index in [9.17, 15) is 0 Å². The van der Waals surface area contributed by atoms with E-state index in [1.807, 2.05) is 6.20 Å². The Morgan fingerprint density at radius 2 is 1.43 bits per heavy atom. The minimum atomic E-state index is 0. The quantitative estimate of drug-likeness (QED) is 0.387. The second-order valence-electron chi connectivity index (χ2n) is 5.09. The van der Waals surface area contributed by atoms with Crippen LogP contribution in [-0.4, -0.2) is 19.6 Å². The Labute approximate surface area is 200 Å². The summed E-state index contributed by atoms with van der Waals surface area (Å²) < 4.78 is 0. The van der Waals surface area contributed by atoms with Crippen molar-refractivity contribution < 1.29 is 33.6 Å². The van der Waals surface area contributed by atoms with E-state index in [1.165, 1.54) is 62.4 Å². The monoisotopic (exact) mass is 502 g/mol. The smallest absolute Gasteiger partial charge is 0.693 e. The number of nitrogens with two attached hydrogens (primary N) is 3. The van der Waals surface area contributed by atoms with Gasteiger partial charge in [0.05, 0.1) is 0 Å². The number of piperidine rings is 1. The number of nitriles is 4. The number of nitrogens with zero attached hydrogens (tertiary/aromatic N) is 8. The molecule has 0 bridgehead atoms. The molecule has 1 fully saturated rings. The molecule has 30 heavy (non-hydrogen) atoms. The molecule has 6 N–H and O–H groups in total. The van der Waals surface area contributed by atoms with Gasteiger partial charge in [-0.05, 0) is 18.8 Å². The van der Waals surface area contributed by atoms with Crippen molar-refractivity contribution >= 4 is 0 Å². The van der Waals surface area contributed by atoms with Gasteiger partial charge in [0.25, 0.3) is 0 Å². The first-order valence-corrected chi connectivity index (χ1v) is 7.89. The maximum atomic E-state index is 7.43. The molecule has 169 valence electrons. The minimum absolute atomic E-state index is 0. The van der Waals surface area contributed by atoms with E-state index in [0.717, 1.165) is 25.6 Å². The molecule has 0 spiro atoms. The second kappa shape index (κ2) is 34.2. The van der Waals surface area contributed by atoms with Crippen LogP contribution in [0, 0.1) is 51.7 Å². The van der Waals surface area contributed by atoms with Crippen LogP contribution in [0.15, 0.2) is 23.9 Å². The Balaban J connectivity index is -0.0000000832. The zero-order valence-corrected chi connectivity index (χ0v) is 18.5. The maximum absolute atomic E-state index is 7.43. The summed E-state index contributed by atoms with van der Waals surface area (Å²) >= 11 is 0. The fraction of sp³-hybridized carbons (Fsp3) is 0.529. The number of rotatable bonds is 4. The van der Waals surface area contributed by atoms with Gasteiger partial charge < -0.3 is 50.1 Å². The zero-order chi connectivity index (χ0) is 18.6. The average molecular weight is 502 g/mol. The Hall–Kier alpha value is -2.31. The molecular formula is C17H26Co2N11-2. The number of hydrogen-bond acceptors (Lipinski definition) is 4. The number of hydrogen-bond donors (Lipinski definition) is 0. The van der Waals surface area contributed by atoms with Crippen LogP contribution < -0.4 is 0 Å². The van der Waals surface area contributed by atoms with E-state index in [-0.39, 0.29) is 52.0 Å². The van der Waals surface area contributed by atoms with Crippen LogP contribution in [0.2, 0.25) is 0 Å². The zero-order valence-electron chi connectivity index (χ0n) is 16.4. The van der Waals surface area contributed by atoms with Gasteiger partial charge in [0.1, 0.15) is 0 Å². The first kappa shape index (κ1) is 41.9. The SMILES string of the molecule is C1=CC(CCCC2CC[N-]CC2)=CC[N-]1.N#C[N-]C#N.N#C[N-]C#N.[Co+2].[Co+3].[NH2-].[NH2-].[NH2-]. The van der Waals surface area contributed by atoms with Gasteiger partial charge in [-0.25, -0.2) is 0 Å². The van der Waals surface area contributed by atoms with Crippen LogP contribution in [0.1, 0.15) is 32.1 Å². The topological polar surface area (TPSA) is 252 Å². The summed E-state index contributed by atoms with van der Waals surface area (Å²) in [7, 11) is 0. The molecule has 0 atom stereocenters. The molecule has 0 saturated carbocycles. The van der Waals surface area contributed by atoms with Crippen molar-refractivity contribution in [2.45, 2.75) is 32.1 Å². The van der Waals surface area contributed by atoms with Crippen molar-refractivity contribution in [3.63, 3.8) is 0 Å². The molecule has 1 radical (unpaired) electrons. The van der Waals surface area contributed by atoms with Crippen LogP contribution in [0.5, 0.6) is 0 Å². The van der Waals surface area contributed by atoms with Crippen molar-refractivity contribution in [3.8, 4) is 24.8 Å². The van der Waals surface area contributed by atoms with E-state index in [4.69, 9.17) is 21.0 Å². The Morgan fingerprint density at radius 3 is 1.80 bits per heavy atom. The molecule has 13 heteroatoms. The molecule has 11 nitrogen and oxygen atoms in total. The van der Waals surface area contributed by atoms with Crippen molar-refractivity contribution in [2.75, 3.05) is 19.6 Å². The molecule has 0 amide bonds. The fourth-order valence-electron chi connectivity index (χ4n) is 2.36. The van der Waals surface area contributed by atoms with Crippen LogP contribution in [0.25, 0.3) is 39.7 Å². The van der Waals surface area contributed by atoms with Gasteiger partial charge in [0, 0.05) is 24.8 Å². The summed E-state index contributed by atoms with van der Waals surface area (Å²) in [5, 5.41) is 43.4. The fourth-order valence-corrected chi connectivity index (χ4v) is 2.36. The molecule has 2 aliphatic rings. The third-order valence-electron chi connectivity index (χ3n) is 3.52. The normalized spacial score (nSPS) is 12.3. The van der Waals surface area contributed by atoms with Gasteiger partial charge in [-0.1, -0.05) is 37.0 Å². The summed E-state index contributed by atoms with van der Waals surface area (Å²) in [4.78, 5) is 0. The Bertz CT molecular complexity index is 526. The molecule has 0 aromatic carbocycles. The summed E-state index contributed by atoms with van der Waals surface area (Å²) in [5.41, 5.74) is 1.48. The summed E-state index contributed by atoms with van der Waals surface area (Å²) in [6.07, 6.45) is 18.1. The first-order chi connectivity index (χ1) is 12.3. The van der Waals surface area contributed by atoms with Crippen molar-refractivity contribution in [2.24, 2.45) is 5.92 Å². The average Bonchev–Trinajstić information content (AvgIpc) is 2.66. The van der Waals surface area contributed by atoms with Crippen LogP contribution >= 0.6 is 0 Å². The van der Waals surface area contributed by atoms with Crippen LogP contribution in [0.4, 0.5) is 0 Å². The number of allylic oxidation sites excluding steroid dienone is 2. The van der Waals surface area contributed by atoms with Crippen LogP contribution in [-0.2, 0) is 33.6 Å². The van der Waals surface area contributed by atoms with E-state index < -0.39 is 0 Å². The van der Waals surface area contributed by atoms with E-state index in [2.05, 4.69) is 33.4 Å². The summed E-state index contributed by atoms with van der Waals surface area (Å²) in [6.45, 7) is 3.09. The minimum Gasteiger partial charge on any atom is -0.693 e. The van der Waals surface area contributed by atoms with Gasteiger partial charge in [-0.15, -0.1) is 19.6 Å². The predicted molar refractivity (Wildman–Crippen MR) is 110 cm³/mol. The third-order valence-corrected chi connectivity index (χ3v) is 3.52. The Morgan fingerprint density at radius 1 is 0.933 bits per heavy atom. The first-order valence-electron chi connectivity index (χ1n) is 7.89. The van der Waals surface area contributed by atoms with E-state index >= 15 is 0 Å². The van der Waals surface area contributed by atoms with E-state index in [0.29, 0.717) is 0 Å². The van der Waals surface area contributed by atoms with Crippen molar-refractivity contribution in [1.82, 2.24) is 0 Å². The second-order valence-corrected chi connectivity index (χ2v) is 5.09. The van der Waals surface area contributed by atoms with Gasteiger partial charge in [0.15, 0.2) is 0 Å². The third kappa shape index (κ3) is 27.9. The molecule has 0 aromatic rings. The molecule has 2 heterocycles. The van der Waals surface area contributed by atoms with Gasteiger partial charge in [-0.2, -0.15) is 6.20 Å². The largest absolute Gasteiger partial charge is 3.00 e. The molecule has 1 saturated heterocycles. The van der Waals surface area contributed by atoms with Gasteiger partial charge in [0.2, 0.25) is 0 Å². The predicted octanol–water partition coefficient (Wildman–Crippen LogP) is 6.56. The Kier molecular flexibility index (Phi) is 47.8. The molecule has 0 unspecified atom stereocenters. The summed E-state index contributed by atoms with van der Waals surface area (Å²) in [6, 6.07) is 0. The van der Waals surface area contributed by atoms with E-state index in [1.54, 1.807) is 0 Å². The van der Waals surface area contributed by atoms with Gasteiger partial charge in [-0.3, -0.25) is 10.6 Å². The molecule has 2 aliphatic heterocycles. The molecule has 2 rings (SSSR count). The van der Waals surface area contributed by atoms with Crippen LogP contribution in [0.3, 0.4) is 0 Å². The standard InChI is InChI=1S/C13H20N2.2C2N3.2Co.3H2N/c1(2-12-4-8-14-9-5-12)3-13-6-10-15-11-7-13;2*3-1-5-2-4;;;;;/h4-5,8,13H,1-3,6-7,9-11H2;;;;;3*1H2/q-2;2*-1;+2;+3;3*-1. The molecule has 0 aromatic heterocycles. The van der Waals surface area contributed by atoms with Crippen molar-refractivity contribution in [1.29, 1.82) is 21.0 Å². The molecular weight excluding hydrogens is 476 g/mol. The summed E-state index contributed by atoms with van der Waals surface area (Å²) in [5.74, 6) is 0.945. The molecule has 0 aliphatic carbocycles. The van der Waals surface area contributed by atoms with Gasteiger partial charge >= 0.3 is 33.6 Å². The van der Waals surface area contributed by atoms with Crippen molar-refractivity contribution in [3.05, 3.63) is 63.6 Å². The maximum Gasteiger partial charge on any atom is 3.00 e.